The average Bonchev–Trinajstić information content (AvgIpc) is 3.19. The van der Waals surface area contributed by atoms with Gasteiger partial charge < -0.3 is 19.6 Å². The molecule has 1 N–H and O–H groups in total. The van der Waals surface area contributed by atoms with E-state index in [1.807, 2.05) is 48.5 Å². The molecule has 0 aromatic heterocycles. The summed E-state index contributed by atoms with van der Waals surface area (Å²) in [5, 5.41) is 6.94. The minimum absolute atomic E-state index is 0.153. The summed E-state index contributed by atoms with van der Waals surface area (Å²) in [5.74, 6) is 1.21. The van der Waals surface area contributed by atoms with Crippen LogP contribution in [-0.2, 0) is 16.1 Å². The van der Waals surface area contributed by atoms with E-state index in [1.54, 1.807) is 14.2 Å². The highest BCUT2D eigenvalue weighted by Crippen LogP contribution is 2.27. The zero-order valence-electron chi connectivity index (χ0n) is 14.9. The van der Waals surface area contributed by atoms with Gasteiger partial charge in [0.25, 0.3) is 5.91 Å². The molecule has 1 amide bonds. The lowest BCUT2D eigenvalue weighted by Gasteiger charge is -2.11. The normalized spacial score (nSPS) is 15.8. The van der Waals surface area contributed by atoms with E-state index < -0.39 is 6.10 Å². The molecule has 0 bridgehead atoms. The van der Waals surface area contributed by atoms with E-state index in [4.69, 9.17) is 14.3 Å². The summed E-state index contributed by atoms with van der Waals surface area (Å²) in [4.78, 5) is 17.6. The van der Waals surface area contributed by atoms with E-state index in [-0.39, 0.29) is 5.91 Å². The van der Waals surface area contributed by atoms with Gasteiger partial charge in [0.05, 0.1) is 19.9 Å². The van der Waals surface area contributed by atoms with E-state index in [2.05, 4.69) is 10.5 Å². The summed E-state index contributed by atoms with van der Waals surface area (Å²) in [6.07, 6.45) is 0.591. The van der Waals surface area contributed by atoms with Gasteiger partial charge in [0.15, 0.2) is 11.5 Å². The first-order chi connectivity index (χ1) is 12.7. The number of nitrogens with one attached hydrogen (secondary N) is 1. The molecule has 1 atom stereocenters. The van der Waals surface area contributed by atoms with Crippen LogP contribution in [0.25, 0.3) is 0 Å². The first-order valence-corrected chi connectivity index (χ1v) is 8.48. The van der Waals surface area contributed by atoms with Crippen LogP contribution in [0.5, 0.6) is 11.5 Å². The average molecular weight is 354 g/mol. The van der Waals surface area contributed by atoms with E-state index in [1.165, 1.54) is 0 Å². The second-order valence-electron chi connectivity index (χ2n) is 5.93. The molecule has 0 saturated heterocycles. The third kappa shape index (κ3) is 4.14. The molecule has 6 nitrogen and oxygen atoms in total. The predicted molar refractivity (Wildman–Crippen MR) is 98.7 cm³/mol. The van der Waals surface area contributed by atoms with Crippen LogP contribution in [0.15, 0.2) is 53.7 Å². The number of hydrogen-bond donors (Lipinski definition) is 1. The number of rotatable bonds is 7. The molecule has 3 rings (SSSR count). The first kappa shape index (κ1) is 17.8. The SMILES string of the molecule is COc1ccc(CCNC(=O)C2CC(c3ccccc3)=NO2)cc1OC. The minimum Gasteiger partial charge on any atom is -0.493 e. The lowest BCUT2D eigenvalue weighted by molar-refractivity contribution is -0.131. The molecule has 6 heteroatoms. The Labute approximate surface area is 152 Å². The Kier molecular flexibility index (Phi) is 5.73. The second kappa shape index (κ2) is 8.38. The fourth-order valence-electron chi connectivity index (χ4n) is 2.80. The summed E-state index contributed by atoms with van der Waals surface area (Å²) in [6.45, 7) is 0.509. The molecule has 1 unspecified atom stereocenters. The Morgan fingerprint density at radius 1 is 1.15 bits per heavy atom. The molecule has 1 heterocycles. The fourth-order valence-corrected chi connectivity index (χ4v) is 2.80. The lowest BCUT2D eigenvalue weighted by atomic mass is 10.0. The number of amides is 1. The third-order valence-electron chi connectivity index (χ3n) is 4.23. The molecule has 0 saturated carbocycles. The van der Waals surface area contributed by atoms with Crippen molar-refractivity contribution < 1.29 is 19.1 Å². The van der Waals surface area contributed by atoms with Crippen LogP contribution in [0.3, 0.4) is 0 Å². The molecule has 1 aliphatic rings. The molecule has 0 fully saturated rings. The number of oxime groups is 1. The highest BCUT2D eigenvalue weighted by Gasteiger charge is 2.28. The topological polar surface area (TPSA) is 69.2 Å². The van der Waals surface area contributed by atoms with E-state index >= 15 is 0 Å². The summed E-state index contributed by atoms with van der Waals surface area (Å²) >= 11 is 0. The Morgan fingerprint density at radius 3 is 2.65 bits per heavy atom. The van der Waals surface area contributed by atoms with Crippen LogP contribution in [0, 0.1) is 0 Å². The maximum atomic E-state index is 12.3. The van der Waals surface area contributed by atoms with Crippen molar-refractivity contribution in [2.75, 3.05) is 20.8 Å². The van der Waals surface area contributed by atoms with Crippen LogP contribution in [0.1, 0.15) is 17.5 Å². The Balaban J connectivity index is 1.48. The van der Waals surface area contributed by atoms with E-state index in [0.29, 0.717) is 30.9 Å². The number of carbonyl (C=O) groups excluding carboxylic acids is 1. The molecule has 1 aliphatic heterocycles. The smallest absolute Gasteiger partial charge is 0.264 e. The van der Waals surface area contributed by atoms with E-state index in [0.717, 1.165) is 16.8 Å². The maximum Gasteiger partial charge on any atom is 0.264 e. The van der Waals surface area contributed by atoms with Crippen molar-refractivity contribution in [2.45, 2.75) is 18.9 Å². The summed E-state index contributed by atoms with van der Waals surface area (Å²) in [6, 6.07) is 15.5. The minimum atomic E-state index is -0.574. The standard InChI is InChI=1S/C20H22N2O4/c1-24-17-9-8-14(12-18(17)25-2)10-11-21-20(23)19-13-16(22-26-19)15-6-4-3-5-7-15/h3-9,12,19H,10-11,13H2,1-2H3,(H,21,23). The van der Waals surface area contributed by atoms with Crippen molar-refractivity contribution in [1.29, 1.82) is 0 Å². The van der Waals surface area contributed by atoms with Crippen LogP contribution >= 0.6 is 0 Å². The molecule has 2 aromatic carbocycles. The molecule has 2 aromatic rings. The predicted octanol–water partition coefficient (Wildman–Crippen LogP) is 2.56. The Bertz CT molecular complexity index is 790. The maximum absolute atomic E-state index is 12.3. The quantitative estimate of drug-likeness (QED) is 0.830. The molecule has 136 valence electrons. The van der Waals surface area contributed by atoms with E-state index in [9.17, 15) is 4.79 Å². The van der Waals surface area contributed by atoms with Gasteiger partial charge in [0, 0.05) is 13.0 Å². The summed E-state index contributed by atoms with van der Waals surface area (Å²) in [5.41, 5.74) is 2.83. The van der Waals surface area contributed by atoms with Gasteiger partial charge in [0.1, 0.15) is 0 Å². The fraction of sp³-hybridized carbons (Fsp3) is 0.300. The summed E-state index contributed by atoms with van der Waals surface area (Å²) in [7, 11) is 3.20. The number of ether oxygens (including phenoxy) is 2. The van der Waals surface area contributed by atoms with Gasteiger partial charge in [-0.05, 0) is 29.7 Å². The molecule has 0 aliphatic carbocycles. The van der Waals surface area contributed by atoms with Gasteiger partial charge in [-0.15, -0.1) is 0 Å². The van der Waals surface area contributed by atoms with Crippen molar-refractivity contribution in [3.8, 4) is 11.5 Å². The zero-order valence-corrected chi connectivity index (χ0v) is 14.9. The van der Waals surface area contributed by atoms with Crippen molar-refractivity contribution >= 4 is 11.6 Å². The van der Waals surface area contributed by atoms with Gasteiger partial charge in [-0.1, -0.05) is 41.6 Å². The molecular formula is C20H22N2O4. The monoisotopic (exact) mass is 354 g/mol. The molecule has 26 heavy (non-hydrogen) atoms. The third-order valence-corrected chi connectivity index (χ3v) is 4.23. The first-order valence-electron chi connectivity index (χ1n) is 8.48. The zero-order chi connectivity index (χ0) is 18.4. The van der Waals surface area contributed by atoms with Crippen LogP contribution in [0.2, 0.25) is 0 Å². The van der Waals surface area contributed by atoms with Gasteiger partial charge in [-0.25, -0.2) is 0 Å². The van der Waals surface area contributed by atoms with Gasteiger partial charge >= 0.3 is 0 Å². The highest BCUT2D eigenvalue weighted by molar-refractivity contribution is 6.04. The number of methoxy groups -OCH3 is 2. The number of carbonyl (C=O) groups is 1. The Hall–Kier alpha value is -3.02. The van der Waals surface area contributed by atoms with Crippen molar-refractivity contribution in [1.82, 2.24) is 5.32 Å². The molecular weight excluding hydrogens is 332 g/mol. The van der Waals surface area contributed by atoms with Crippen LogP contribution < -0.4 is 14.8 Å². The van der Waals surface area contributed by atoms with Gasteiger partial charge in [-0.3, -0.25) is 4.79 Å². The second-order valence-corrected chi connectivity index (χ2v) is 5.93. The van der Waals surface area contributed by atoms with Gasteiger partial charge in [-0.2, -0.15) is 0 Å². The molecule has 0 radical (unpaired) electrons. The largest absolute Gasteiger partial charge is 0.493 e. The highest BCUT2D eigenvalue weighted by atomic mass is 16.6. The van der Waals surface area contributed by atoms with Gasteiger partial charge in [0.2, 0.25) is 6.10 Å². The lowest BCUT2D eigenvalue weighted by Crippen LogP contribution is -2.36. The Morgan fingerprint density at radius 2 is 1.92 bits per heavy atom. The van der Waals surface area contributed by atoms with Crippen molar-refractivity contribution in [3.05, 3.63) is 59.7 Å². The van der Waals surface area contributed by atoms with Crippen molar-refractivity contribution in [3.63, 3.8) is 0 Å². The number of benzene rings is 2. The summed E-state index contributed by atoms with van der Waals surface area (Å²) < 4.78 is 10.5. The van der Waals surface area contributed by atoms with Crippen molar-refractivity contribution in [2.24, 2.45) is 5.16 Å². The van der Waals surface area contributed by atoms with Crippen LogP contribution in [-0.4, -0.2) is 38.5 Å². The number of nitrogens with zero attached hydrogens (tertiary/aromatic N) is 1. The molecule has 0 spiro atoms. The van der Waals surface area contributed by atoms with Crippen LogP contribution in [0.4, 0.5) is 0 Å². The number of hydrogen-bond acceptors (Lipinski definition) is 5.